The van der Waals surface area contributed by atoms with E-state index in [2.05, 4.69) is 13.2 Å². The third kappa shape index (κ3) is 5.95. The third-order valence-corrected chi connectivity index (χ3v) is 8.06. The van der Waals surface area contributed by atoms with Crippen LogP contribution in [-0.2, 0) is 29.1 Å². The fraction of sp³-hybridized carbons (Fsp3) is 0.235. The van der Waals surface area contributed by atoms with Crippen molar-refractivity contribution in [2.45, 2.75) is 53.4 Å². The van der Waals surface area contributed by atoms with Crippen molar-refractivity contribution in [3.05, 3.63) is 117 Å². The van der Waals surface area contributed by atoms with E-state index in [0.717, 1.165) is 61.7 Å². The van der Waals surface area contributed by atoms with Gasteiger partial charge in [-0.05, 0) is 98.3 Å². The summed E-state index contributed by atoms with van der Waals surface area (Å²) in [5.74, 6) is -1.80. The van der Waals surface area contributed by atoms with Gasteiger partial charge in [-0.2, -0.15) is 0 Å². The zero-order valence-electron chi connectivity index (χ0n) is 24.9. The molecular weight excluding hydrogens is 594 g/mol. The summed E-state index contributed by atoms with van der Waals surface area (Å²) in [7, 11) is 0. The second kappa shape index (κ2) is 12.5. The summed E-state index contributed by atoms with van der Waals surface area (Å²) < 4.78 is 0. The van der Waals surface area contributed by atoms with Crippen molar-refractivity contribution in [1.82, 2.24) is 0 Å². The number of allylic oxidation sites excluding steroid dienone is 12. The van der Waals surface area contributed by atoms with E-state index < -0.39 is 11.9 Å². The number of aliphatic carboxylic acids is 2. The van der Waals surface area contributed by atoms with Gasteiger partial charge >= 0.3 is 11.9 Å². The quantitative estimate of drug-likeness (QED) is 0.291. The van der Waals surface area contributed by atoms with Crippen molar-refractivity contribution >= 4 is 34.8 Å². The monoisotopic (exact) mass is 624 g/mol. The summed E-state index contributed by atoms with van der Waals surface area (Å²) in [6, 6.07) is 0. The molecule has 5 aliphatic rings. The molecule has 0 fully saturated rings. The number of carboxylic acid groups (broad SMARTS) is 2. The molecule has 0 aromatic carbocycles. The van der Waals surface area contributed by atoms with Crippen LogP contribution < -0.4 is 0 Å². The van der Waals surface area contributed by atoms with Crippen molar-refractivity contribution in [3.63, 3.8) is 0 Å². The van der Waals surface area contributed by atoms with E-state index >= 15 is 0 Å². The van der Waals surface area contributed by atoms with Gasteiger partial charge < -0.3 is 10.2 Å². The van der Waals surface area contributed by atoms with Gasteiger partial charge in [-0.1, -0.05) is 25.3 Å². The van der Waals surface area contributed by atoms with Gasteiger partial charge in [0.25, 0.3) is 0 Å². The van der Waals surface area contributed by atoms with Gasteiger partial charge in [0.2, 0.25) is 0 Å². The molecule has 0 unspecified atom stereocenters. The number of carbonyl (C=O) groups is 2. The van der Waals surface area contributed by atoms with Gasteiger partial charge in [0.05, 0.1) is 45.6 Å². The molecule has 8 bridgehead atoms. The van der Waals surface area contributed by atoms with Gasteiger partial charge in [-0.3, -0.25) is 9.59 Å². The number of fused-ring (bicyclic) bond motifs is 4. The molecule has 8 nitrogen and oxygen atoms in total. The molecule has 0 aromatic heterocycles. The maximum absolute atomic E-state index is 11.5. The molecule has 0 radical (unpaired) electrons. The molecule has 0 amide bonds. The Morgan fingerprint density at radius 1 is 0.605 bits per heavy atom. The SMILES string of the molecule is C=CC1=C(C)C2=NC1=CC1=NC(=CC3=NC(=CC4=NC(=C2)C(C)=C4CCC(=O)O)C(CCC(=O)O)=C3C)C(C=C)=C1C.[Zn]. The molecule has 0 saturated heterocycles. The van der Waals surface area contributed by atoms with Crippen molar-refractivity contribution in [3.8, 4) is 0 Å². The van der Waals surface area contributed by atoms with Crippen LogP contribution in [0.25, 0.3) is 0 Å². The maximum Gasteiger partial charge on any atom is 0.303 e. The maximum atomic E-state index is 11.5. The first-order valence-corrected chi connectivity index (χ1v) is 13.8. The molecule has 0 saturated carbocycles. The molecule has 0 atom stereocenters. The summed E-state index contributed by atoms with van der Waals surface area (Å²) in [6.45, 7) is 15.9. The Morgan fingerprint density at radius 2 is 1.00 bits per heavy atom. The number of rotatable bonds is 8. The summed E-state index contributed by atoms with van der Waals surface area (Å²) in [5.41, 5.74) is 12.6. The minimum absolute atomic E-state index is 0. The predicted molar refractivity (Wildman–Crippen MR) is 167 cm³/mol. The standard InChI is InChI=1S/C34H32N4O4.Zn/c1-7-21-17(3)25-13-26-19(5)23(9-11-33(39)40)31(37-26)16-32-24(10-12-34(41)42)20(6)28(38-32)15-30-22(8-2)18(4)27(36-30)14-29(21)35-25;/h7-8,13-16H,1-2,9-12H2,3-6H3,(H,39,40)(H,41,42);. The van der Waals surface area contributed by atoms with E-state index in [1.807, 2.05) is 52.0 Å². The average Bonchev–Trinajstić information content (AvgIpc) is 3.59. The van der Waals surface area contributed by atoms with E-state index in [0.29, 0.717) is 41.4 Å². The van der Waals surface area contributed by atoms with Crippen LogP contribution in [0.2, 0.25) is 0 Å². The Bertz CT molecular complexity index is 1780. The number of aliphatic imine (C=N–C) groups is 4. The second-order valence-corrected chi connectivity index (χ2v) is 10.6. The van der Waals surface area contributed by atoms with Gasteiger partial charge in [-0.15, -0.1) is 0 Å². The van der Waals surface area contributed by atoms with Gasteiger partial charge in [0, 0.05) is 43.5 Å². The normalized spacial score (nSPS) is 19.3. The van der Waals surface area contributed by atoms with Gasteiger partial charge in [0.1, 0.15) is 0 Å². The zero-order chi connectivity index (χ0) is 30.3. The first kappa shape index (κ1) is 31.6. The van der Waals surface area contributed by atoms with Crippen LogP contribution >= 0.6 is 0 Å². The minimum atomic E-state index is -0.898. The number of hydrogen-bond acceptors (Lipinski definition) is 6. The van der Waals surface area contributed by atoms with Crippen molar-refractivity contribution < 1.29 is 39.3 Å². The number of carboxylic acids is 2. The fourth-order valence-electron chi connectivity index (χ4n) is 5.61. The van der Waals surface area contributed by atoms with E-state index in [-0.39, 0.29) is 32.3 Å². The summed E-state index contributed by atoms with van der Waals surface area (Å²) in [6.07, 6.45) is 11.7. The Labute approximate surface area is 263 Å². The van der Waals surface area contributed by atoms with Crippen LogP contribution in [0.1, 0.15) is 53.4 Å². The molecule has 214 valence electrons. The minimum Gasteiger partial charge on any atom is -0.481 e. The first-order chi connectivity index (χ1) is 20.0. The molecule has 5 aliphatic heterocycles. The van der Waals surface area contributed by atoms with Crippen LogP contribution in [-0.4, -0.2) is 45.0 Å². The molecule has 0 aromatic rings. The van der Waals surface area contributed by atoms with Crippen LogP contribution in [0, 0.1) is 0 Å². The summed E-state index contributed by atoms with van der Waals surface area (Å²) in [5, 5.41) is 18.9. The van der Waals surface area contributed by atoms with E-state index in [4.69, 9.17) is 20.0 Å². The molecular formula is C34H32N4O4Zn. The van der Waals surface area contributed by atoms with E-state index in [9.17, 15) is 19.8 Å². The van der Waals surface area contributed by atoms with Crippen molar-refractivity contribution in [2.75, 3.05) is 0 Å². The fourth-order valence-corrected chi connectivity index (χ4v) is 5.61. The van der Waals surface area contributed by atoms with Crippen LogP contribution in [0.3, 0.4) is 0 Å². The second-order valence-electron chi connectivity index (χ2n) is 10.6. The smallest absolute Gasteiger partial charge is 0.303 e. The average molecular weight is 626 g/mol. The largest absolute Gasteiger partial charge is 0.481 e. The van der Waals surface area contributed by atoms with E-state index in [1.54, 1.807) is 12.2 Å². The zero-order valence-corrected chi connectivity index (χ0v) is 27.9. The van der Waals surface area contributed by atoms with E-state index in [1.165, 1.54) is 0 Å². The molecule has 0 spiro atoms. The molecule has 43 heavy (non-hydrogen) atoms. The third-order valence-electron chi connectivity index (χ3n) is 8.06. The Balaban J connectivity index is 0.00000423. The summed E-state index contributed by atoms with van der Waals surface area (Å²) >= 11 is 0. The number of nitrogens with zero attached hydrogens (tertiary/aromatic N) is 4. The van der Waals surface area contributed by atoms with Gasteiger partial charge in [-0.25, -0.2) is 20.0 Å². The Kier molecular flexibility index (Phi) is 9.16. The van der Waals surface area contributed by atoms with Crippen LogP contribution in [0.4, 0.5) is 0 Å². The number of hydrogen-bond donors (Lipinski definition) is 2. The molecule has 5 heterocycles. The van der Waals surface area contributed by atoms with Crippen LogP contribution in [0.5, 0.6) is 0 Å². The topological polar surface area (TPSA) is 124 Å². The molecule has 9 heteroatoms. The van der Waals surface area contributed by atoms with Crippen molar-refractivity contribution in [1.29, 1.82) is 0 Å². The first-order valence-electron chi connectivity index (χ1n) is 13.8. The molecule has 5 rings (SSSR count). The van der Waals surface area contributed by atoms with Gasteiger partial charge in [0.15, 0.2) is 0 Å². The predicted octanol–water partition coefficient (Wildman–Crippen LogP) is 6.72. The van der Waals surface area contributed by atoms with Crippen molar-refractivity contribution in [2.24, 2.45) is 20.0 Å². The molecule has 0 aliphatic carbocycles. The Hall–Kier alpha value is -4.36. The Morgan fingerprint density at radius 3 is 1.49 bits per heavy atom. The summed E-state index contributed by atoms with van der Waals surface area (Å²) in [4.78, 5) is 42.7. The van der Waals surface area contributed by atoms with Crippen LogP contribution in [0.15, 0.2) is 137 Å². The molecule has 2 N–H and O–H groups in total.